The fourth-order valence-electron chi connectivity index (χ4n) is 2.36. The van der Waals surface area contributed by atoms with E-state index in [0.717, 1.165) is 0 Å². The van der Waals surface area contributed by atoms with E-state index < -0.39 is 18.0 Å². The van der Waals surface area contributed by atoms with Crippen molar-refractivity contribution in [2.75, 3.05) is 26.6 Å². The van der Waals surface area contributed by atoms with Crippen LogP contribution in [0.1, 0.15) is 12.5 Å². The van der Waals surface area contributed by atoms with Crippen molar-refractivity contribution in [1.29, 1.82) is 0 Å². The van der Waals surface area contributed by atoms with Gasteiger partial charge in [0.2, 0.25) is 0 Å². The first-order chi connectivity index (χ1) is 13.0. The zero-order valence-electron chi connectivity index (χ0n) is 15.8. The van der Waals surface area contributed by atoms with E-state index in [1.165, 1.54) is 14.0 Å². The number of nitrogens with one attached hydrogen (secondary N) is 1. The molecule has 0 bridgehead atoms. The Morgan fingerprint density at radius 1 is 0.926 bits per heavy atom. The molecule has 144 valence electrons. The molecular formula is C20H23NO6. The maximum Gasteiger partial charge on any atom is 0.311 e. The van der Waals surface area contributed by atoms with E-state index in [2.05, 4.69) is 5.32 Å². The molecule has 0 aliphatic carbocycles. The maximum absolute atomic E-state index is 12.2. The second-order valence-corrected chi connectivity index (χ2v) is 5.70. The Hall–Kier alpha value is -3.22. The highest BCUT2D eigenvalue weighted by Gasteiger charge is 2.19. The van der Waals surface area contributed by atoms with Crippen LogP contribution in [0.4, 0.5) is 5.69 Å². The summed E-state index contributed by atoms with van der Waals surface area (Å²) < 4.78 is 20.7. The predicted molar refractivity (Wildman–Crippen MR) is 100 cm³/mol. The van der Waals surface area contributed by atoms with E-state index in [-0.39, 0.29) is 6.42 Å². The summed E-state index contributed by atoms with van der Waals surface area (Å²) in [4.78, 5) is 24.4. The summed E-state index contributed by atoms with van der Waals surface area (Å²) in [5, 5.41) is 2.69. The summed E-state index contributed by atoms with van der Waals surface area (Å²) in [6, 6.07) is 12.0. The zero-order chi connectivity index (χ0) is 19.8. The molecule has 0 saturated heterocycles. The number of ether oxygens (including phenoxy) is 4. The van der Waals surface area contributed by atoms with Gasteiger partial charge in [0.15, 0.2) is 6.10 Å². The van der Waals surface area contributed by atoms with Gasteiger partial charge in [-0.05, 0) is 37.3 Å². The minimum atomic E-state index is -0.941. The number of hydrogen-bond donors (Lipinski definition) is 1. The summed E-state index contributed by atoms with van der Waals surface area (Å²) in [5.74, 6) is 0.866. The molecule has 0 saturated carbocycles. The van der Waals surface area contributed by atoms with Gasteiger partial charge in [0.1, 0.15) is 17.2 Å². The van der Waals surface area contributed by atoms with Crippen LogP contribution in [0.25, 0.3) is 0 Å². The van der Waals surface area contributed by atoms with Gasteiger partial charge >= 0.3 is 5.97 Å². The van der Waals surface area contributed by atoms with E-state index in [0.29, 0.717) is 28.5 Å². The number of benzene rings is 2. The van der Waals surface area contributed by atoms with Crippen molar-refractivity contribution in [1.82, 2.24) is 0 Å². The Labute approximate surface area is 158 Å². The number of methoxy groups -OCH3 is 3. The van der Waals surface area contributed by atoms with Gasteiger partial charge in [-0.25, -0.2) is 0 Å². The highest BCUT2D eigenvalue weighted by molar-refractivity contribution is 5.95. The Bertz CT molecular complexity index is 788. The fourth-order valence-corrected chi connectivity index (χ4v) is 2.36. The molecule has 2 rings (SSSR count). The van der Waals surface area contributed by atoms with Gasteiger partial charge in [0, 0.05) is 17.3 Å². The van der Waals surface area contributed by atoms with E-state index in [4.69, 9.17) is 18.9 Å². The zero-order valence-corrected chi connectivity index (χ0v) is 15.8. The molecule has 0 aromatic heterocycles. The van der Waals surface area contributed by atoms with Gasteiger partial charge in [-0.1, -0.05) is 6.07 Å². The molecule has 0 aliphatic rings. The van der Waals surface area contributed by atoms with Crippen LogP contribution in [0.2, 0.25) is 0 Å². The Balaban J connectivity index is 1.93. The molecule has 0 spiro atoms. The van der Waals surface area contributed by atoms with Crippen LogP contribution in [0, 0.1) is 0 Å². The fraction of sp³-hybridized carbons (Fsp3) is 0.300. The molecule has 0 aliphatic heterocycles. The molecule has 1 amide bonds. The quantitative estimate of drug-likeness (QED) is 0.717. The van der Waals surface area contributed by atoms with Crippen molar-refractivity contribution >= 4 is 17.6 Å². The van der Waals surface area contributed by atoms with E-state index in [1.54, 1.807) is 56.7 Å². The molecule has 1 atom stereocenters. The minimum absolute atomic E-state index is 0.0205. The largest absolute Gasteiger partial charge is 0.497 e. The van der Waals surface area contributed by atoms with Crippen molar-refractivity contribution < 1.29 is 28.5 Å². The van der Waals surface area contributed by atoms with Crippen LogP contribution in [-0.2, 0) is 20.7 Å². The van der Waals surface area contributed by atoms with Crippen LogP contribution < -0.4 is 19.5 Å². The lowest BCUT2D eigenvalue weighted by Gasteiger charge is -2.15. The number of hydrogen-bond acceptors (Lipinski definition) is 6. The molecule has 0 heterocycles. The van der Waals surface area contributed by atoms with Gasteiger partial charge in [-0.15, -0.1) is 0 Å². The lowest BCUT2D eigenvalue weighted by molar-refractivity contribution is -0.152. The summed E-state index contributed by atoms with van der Waals surface area (Å²) in [6.07, 6.45) is -0.961. The van der Waals surface area contributed by atoms with Crippen molar-refractivity contribution in [2.24, 2.45) is 0 Å². The van der Waals surface area contributed by atoms with Crippen LogP contribution in [0.5, 0.6) is 17.2 Å². The average Bonchev–Trinajstić information content (AvgIpc) is 2.68. The lowest BCUT2D eigenvalue weighted by atomic mass is 10.1. The molecule has 7 heteroatoms. The first-order valence-electron chi connectivity index (χ1n) is 8.32. The maximum atomic E-state index is 12.2. The van der Waals surface area contributed by atoms with Crippen LogP contribution >= 0.6 is 0 Å². The van der Waals surface area contributed by atoms with Crippen molar-refractivity contribution in [2.45, 2.75) is 19.4 Å². The number of esters is 1. The van der Waals surface area contributed by atoms with E-state index >= 15 is 0 Å². The molecular weight excluding hydrogens is 350 g/mol. The summed E-state index contributed by atoms with van der Waals surface area (Å²) in [7, 11) is 4.62. The molecule has 27 heavy (non-hydrogen) atoms. The number of carbonyl (C=O) groups excluding carboxylic acids is 2. The first kappa shape index (κ1) is 20.1. The number of rotatable bonds is 8. The Morgan fingerprint density at radius 3 is 2.15 bits per heavy atom. The summed E-state index contributed by atoms with van der Waals surface area (Å²) >= 11 is 0. The van der Waals surface area contributed by atoms with Crippen LogP contribution in [0.15, 0.2) is 42.5 Å². The first-order valence-corrected chi connectivity index (χ1v) is 8.32. The predicted octanol–water partition coefficient (Wildman–Crippen LogP) is 2.83. The summed E-state index contributed by atoms with van der Waals surface area (Å²) in [5.41, 5.74) is 1.23. The third-order valence-electron chi connectivity index (χ3n) is 3.86. The molecule has 1 N–H and O–H groups in total. The molecule has 0 radical (unpaired) electrons. The molecule has 0 fully saturated rings. The number of carbonyl (C=O) groups is 2. The van der Waals surface area contributed by atoms with Crippen LogP contribution in [0.3, 0.4) is 0 Å². The molecule has 2 aromatic carbocycles. The normalized spacial score (nSPS) is 11.3. The minimum Gasteiger partial charge on any atom is -0.497 e. The standard InChI is InChI=1S/C20H23NO6/c1-13(20(23)21-15-6-9-16(24-2)10-7-15)27-19(22)11-14-5-8-17(25-3)12-18(14)26-4/h5-10,12-13H,11H2,1-4H3,(H,21,23)/t13-/m1/s1. The van der Waals surface area contributed by atoms with Gasteiger partial charge in [0.25, 0.3) is 5.91 Å². The van der Waals surface area contributed by atoms with Crippen LogP contribution in [-0.4, -0.2) is 39.3 Å². The Kier molecular flexibility index (Phi) is 7.05. The monoisotopic (exact) mass is 373 g/mol. The third kappa shape index (κ3) is 5.64. The SMILES string of the molecule is COc1ccc(NC(=O)[C@@H](C)OC(=O)Cc2ccc(OC)cc2OC)cc1. The smallest absolute Gasteiger partial charge is 0.311 e. The average molecular weight is 373 g/mol. The lowest BCUT2D eigenvalue weighted by Crippen LogP contribution is -2.30. The van der Waals surface area contributed by atoms with Crippen molar-refractivity contribution in [3.05, 3.63) is 48.0 Å². The third-order valence-corrected chi connectivity index (χ3v) is 3.86. The molecule has 7 nitrogen and oxygen atoms in total. The molecule has 0 unspecified atom stereocenters. The second kappa shape index (κ2) is 9.47. The van der Waals surface area contributed by atoms with Crippen molar-refractivity contribution in [3.63, 3.8) is 0 Å². The number of anilines is 1. The van der Waals surface area contributed by atoms with Crippen molar-refractivity contribution in [3.8, 4) is 17.2 Å². The molecule has 2 aromatic rings. The van der Waals surface area contributed by atoms with Gasteiger partial charge in [-0.3, -0.25) is 9.59 Å². The van der Waals surface area contributed by atoms with Gasteiger partial charge in [-0.2, -0.15) is 0 Å². The highest BCUT2D eigenvalue weighted by Crippen LogP contribution is 2.25. The Morgan fingerprint density at radius 2 is 1.56 bits per heavy atom. The van der Waals surface area contributed by atoms with E-state index in [9.17, 15) is 9.59 Å². The second-order valence-electron chi connectivity index (χ2n) is 5.70. The van der Waals surface area contributed by atoms with Gasteiger partial charge < -0.3 is 24.3 Å². The number of amides is 1. The highest BCUT2D eigenvalue weighted by atomic mass is 16.5. The summed E-state index contributed by atoms with van der Waals surface area (Å²) in [6.45, 7) is 1.52. The van der Waals surface area contributed by atoms with E-state index in [1.807, 2.05) is 0 Å². The topological polar surface area (TPSA) is 83.1 Å². The van der Waals surface area contributed by atoms with Gasteiger partial charge in [0.05, 0.1) is 27.8 Å².